The van der Waals surface area contributed by atoms with Crippen molar-refractivity contribution in [3.63, 3.8) is 0 Å². The van der Waals surface area contributed by atoms with Gasteiger partial charge < -0.3 is 9.47 Å². The molecule has 0 aliphatic carbocycles. The Kier molecular flexibility index (Phi) is 5.13. The second-order valence-corrected chi connectivity index (χ2v) is 8.32. The topological polar surface area (TPSA) is 103 Å². The van der Waals surface area contributed by atoms with Crippen molar-refractivity contribution < 1.29 is 23.6 Å². The van der Waals surface area contributed by atoms with Crippen LogP contribution < -0.4 is 5.32 Å². The molecule has 27 heavy (non-hydrogen) atoms. The van der Waals surface area contributed by atoms with Gasteiger partial charge in [0.25, 0.3) is 5.69 Å². The molecule has 8 nitrogen and oxygen atoms in total. The average Bonchev–Trinajstić information content (AvgIpc) is 2.97. The van der Waals surface area contributed by atoms with Crippen LogP contribution in [0.2, 0.25) is 0 Å². The van der Waals surface area contributed by atoms with Gasteiger partial charge in [-0.05, 0) is 33.3 Å². The number of amides is 1. The smallest absolute Gasteiger partial charge is 0.413 e. The summed E-state index contributed by atoms with van der Waals surface area (Å²) >= 11 is 1.31. The van der Waals surface area contributed by atoms with Crippen LogP contribution in [0.1, 0.15) is 32.8 Å². The van der Waals surface area contributed by atoms with E-state index in [9.17, 15) is 19.3 Å². The Morgan fingerprint density at radius 1 is 1.52 bits per heavy atom. The van der Waals surface area contributed by atoms with Crippen LogP contribution in [0.5, 0.6) is 0 Å². The Labute approximate surface area is 159 Å². The molecule has 1 aromatic rings. The van der Waals surface area contributed by atoms with Gasteiger partial charge in [0.05, 0.1) is 11.5 Å². The molecule has 2 atom stereocenters. The predicted molar refractivity (Wildman–Crippen MR) is 98.1 cm³/mol. The Morgan fingerprint density at radius 3 is 2.93 bits per heavy atom. The van der Waals surface area contributed by atoms with Gasteiger partial charge in [0.15, 0.2) is 10.9 Å². The van der Waals surface area contributed by atoms with Crippen LogP contribution in [-0.4, -0.2) is 34.1 Å². The maximum absolute atomic E-state index is 14.6. The first-order valence-electron chi connectivity index (χ1n) is 8.42. The Morgan fingerprint density at radius 2 is 2.26 bits per heavy atom. The highest BCUT2D eigenvalue weighted by molar-refractivity contribution is 8.13. The molecule has 0 spiro atoms. The minimum Gasteiger partial charge on any atom is -0.444 e. The van der Waals surface area contributed by atoms with Crippen LogP contribution in [-0.2, 0) is 15.2 Å². The van der Waals surface area contributed by atoms with Gasteiger partial charge in [0, 0.05) is 29.4 Å². The van der Waals surface area contributed by atoms with E-state index in [0.717, 1.165) is 18.2 Å². The summed E-state index contributed by atoms with van der Waals surface area (Å²) in [6.45, 7) is 5.55. The number of carbonyl (C=O) groups is 1. The number of nitro benzene ring substituents is 1. The quantitative estimate of drug-likeness (QED) is 0.605. The number of rotatable bonds is 2. The number of aliphatic imine (C=N–C) groups is 1. The van der Waals surface area contributed by atoms with Crippen LogP contribution in [0.15, 0.2) is 23.2 Å². The van der Waals surface area contributed by atoms with Gasteiger partial charge in [0.2, 0.25) is 0 Å². The number of nitrogens with zero attached hydrogens (tertiary/aromatic N) is 2. The van der Waals surface area contributed by atoms with Crippen LogP contribution in [0.4, 0.5) is 14.9 Å². The van der Waals surface area contributed by atoms with E-state index in [1.165, 1.54) is 11.8 Å². The van der Waals surface area contributed by atoms with Gasteiger partial charge >= 0.3 is 6.09 Å². The third-order valence-corrected chi connectivity index (χ3v) is 5.22. The van der Waals surface area contributed by atoms with E-state index in [4.69, 9.17) is 9.47 Å². The van der Waals surface area contributed by atoms with Crippen molar-refractivity contribution in [3.8, 4) is 0 Å². The largest absolute Gasteiger partial charge is 0.444 e. The Balaban J connectivity index is 1.97. The molecule has 3 rings (SSSR count). The first-order chi connectivity index (χ1) is 12.6. The lowest BCUT2D eigenvalue weighted by atomic mass is 9.89. The third-order valence-electron chi connectivity index (χ3n) is 4.19. The summed E-state index contributed by atoms with van der Waals surface area (Å²) in [5.41, 5.74) is -2.32. The van der Waals surface area contributed by atoms with Crippen molar-refractivity contribution in [1.82, 2.24) is 5.32 Å². The number of nitro groups is 1. The summed E-state index contributed by atoms with van der Waals surface area (Å²) in [6, 6.07) is 3.29. The molecule has 1 N–H and O–H groups in total. The van der Waals surface area contributed by atoms with Crippen LogP contribution in [0.3, 0.4) is 0 Å². The van der Waals surface area contributed by atoms with Crippen molar-refractivity contribution in [1.29, 1.82) is 0 Å². The van der Waals surface area contributed by atoms with E-state index in [-0.39, 0.29) is 22.3 Å². The van der Waals surface area contributed by atoms with Crippen LogP contribution >= 0.6 is 11.8 Å². The third kappa shape index (κ3) is 4.06. The van der Waals surface area contributed by atoms with Crippen molar-refractivity contribution >= 4 is 28.7 Å². The number of alkyl carbamates (subject to hydrolysis) is 1. The molecule has 146 valence electrons. The molecule has 0 aromatic heterocycles. The van der Waals surface area contributed by atoms with Crippen LogP contribution in [0.25, 0.3) is 0 Å². The van der Waals surface area contributed by atoms with Crippen molar-refractivity contribution in [3.05, 3.63) is 39.7 Å². The van der Waals surface area contributed by atoms with Gasteiger partial charge in [-0.3, -0.25) is 15.4 Å². The number of halogens is 1. The number of hydrogen-bond donors (Lipinski definition) is 1. The SMILES string of the molecule is CC(C)(C)OC(=O)NC1=N[C@@]2(c3cc([N+](=O)[O-])ccc3F)OCCC2CS1. The van der Waals surface area contributed by atoms with Gasteiger partial charge in [0.1, 0.15) is 11.4 Å². The second-order valence-electron chi connectivity index (χ2n) is 7.31. The van der Waals surface area contributed by atoms with Crippen molar-refractivity contribution in [2.45, 2.75) is 38.5 Å². The van der Waals surface area contributed by atoms with Gasteiger partial charge in [-0.15, -0.1) is 0 Å². The standard InChI is InChI=1S/C17H20FN3O5S/c1-16(2,3)26-15(22)19-14-20-17(10(9-27-14)6-7-25-17)12-8-11(21(23)24)4-5-13(12)18/h4-5,8,10H,6-7,9H2,1-3H3,(H,19,20,22)/t10?,17-/m1/s1. The zero-order valence-electron chi connectivity index (χ0n) is 15.2. The summed E-state index contributed by atoms with van der Waals surface area (Å²) < 4.78 is 25.6. The molecule has 1 amide bonds. The summed E-state index contributed by atoms with van der Waals surface area (Å²) in [5.74, 6) is -0.278. The molecule has 2 aliphatic heterocycles. The minimum atomic E-state index is -1.40. The first-order valence-corrected chi connectivity index (χ1v) is 9.40. The molecular weight excluding hydrogens is 377 g/mol. The number of nitrogens with one attached hydrogen (secondary N) is 1. The fourth-order valence-corrected chi connectivity index (χ4v) is 4.17. The summed E-state index contributed by atoms with van der Waals surface area (Å²) in [6.07, 6.45) is -0.0434. The van der Waals surface area contributed by atoms with E-state index in [1.807, 2.05) is 0 Å². The monoisotopic (exact) mass is 397 g/mol. The minimum absolute atomic E-state index is 0.00277. The number of ether oxygens (including phenoxy) is 2. The zero-order valence-corrected chi connectivity index (χ0v) is 16.0. The fraction of sp³-hybridized carbons (Fsp3) is 0.529. The molecule has 1 saturated heterocycles. The van der Waals surface area contributed by atoms with Gasteiger partial charge in [-0.25, -0.2) is 14.2 Å². The number of hydrogen-bond acceptors (Lipinski definition) is 7. The van der Waals surface area contributed by atoms with Crippen molar-refractivity contribution in [2.75, 3.05) is 12.4 Å². The normalized spacial score (nSPS) is 24.7. The molecule has 0 radical (unpaired) electrons. The lowest BCUT2D eigenvalue weighted by molar-refractivity contribution is -0.385. The van der Waals surface area contributed by atoms with E-state index in [0.29, 0.717) is 18.8 Å². The number of non-ortho nitro benzene ring substituents is 1. The zero-order chi connectivity index (χ0) is 19.8. The number of amidine groups is 1. The van der Waals surface area contributed by atoms with Crippen molar-refractivity contribution in [2.24, 2.45) is 10.9 Å². The highest BCUT2D eigenvalue weighted by atomic mass is 32.2. The van der Waals surface area contributed by atoms with E-state index in [1.54, 1.807) is 20.8 Å². The number of thioether (sulfide) groups is 1. The van der Waals surface area contributed by atoms with Gasteiger partial charge in [-0.2, -0.15) is 0 Å². The maximum Gasteiger partial charge on any atom is 0.413 e. The predicted octanol–water partition coefficient (Wildman–Crippen LogP) is 3.55. The first kappa shape index (κ1) is 19.6. The Bertz CT molecular complexity index is 810. The summed E-state index contributed by atoms with van der Waals surface area (Å²) in [7, 11) is 0. The maximum atomic E-state index is 14.6. The number of benzene rings is 1. The van der Waals surface area contributed by atoms with Crippen LogP contribution in [0, 0.1) is 21.8 Å². The number of fused-ring (bicyclic) bond motifs is 1. The van der Waals surface area contributed by atoms with E-state index in [2.05, 4.69) is 10.3 Å². The molecule has 1 aromatic carbocycles. The van der Waals surface area contributed by atoms with Gasteiger partial charge in [-0.1, -0.05) is 11.8 Å². The molecule has 0 bridgehead atoms. The molecule has 1 fully saturated rings. The summed E-state index contributed by atoms with van der Waals surface area (Å²) in [4.78, 5) is 27.0. The highest BCUT2D eigenvalue weighted by Gasteiger charge is 2.50. The molecule has 0 saturated carbocycles. The van der Waals surface area contributed by atoms with E-state index < -0.39 is 28.2 Å². The Hall–Kier alpha value is -2.20. The number of carbonyl (C=O) groups excluding carboxylic acids is 1. The molecular formula is C17H20FN3O5S. The van der Waals surface area contributed by atoms with E-state index >= 15 is 0 Å². The lowest BCUT2D eigenvalue weighted by Crippen LogP contribution is -2.42. The molecule has 1 unspecified atom stereocenters. The fourth-order valence-electron chi connectivity index (χ4n) is 3.07. The average molecular weight is 397 g/mol. The molecule has 2 heterocycles. The highest BCUT2D eigenvalue weighted by Crippen LogP contribution is 2.48. The molecule has 10 heteroatoms. The lowest BCUT2D eigenvalue weighted by Gasteiger charge is -2.35. The molecule has 2 aliphatic rings. The second kappa shape index (κ2) is 7.08. The summed E-state index contributed by atoms with van der Waals surface area (Å²) in [5, 5.41) is 13.9.